The van der Waals surface area contributed by atoms with E-state index in [-0.39, 0.29) is 17.2 Å². The van der Waals surface area contributed by atoms with E-state index in [4.69, 9.17) is 11.5 Å². The molecule has 4 N–H and O–H groups in total. The van der Waals surface area contributed by atoms with Gasteiger partial charge in [-0.2, -0.15) is 0 Å². The highest BCUT2D eigenvalue weighted by atomic mass is 16.2. The first-order valence-electron chi connectivity index (χ1n) is 7.23. The quantitative estimate of drug-likeness (QED) is 0.785. The largest absolute Gasteiger partial charge is 0.369 e. The third kappa shape index (κ3) is 2.48. The van der Waals surface area contributed by atoms with E-state index in [1.165, 1.54) is 6.42 Å². The van der Waals surface area contributed by atoms with Crippen LogP contribution in [0.25, 0.3) is 0 Å². The highest BCUT2D eigenvalue weighted by molar-refractivity contribution is 5.86. The first-order valence-corrected chi connectivity index (χ1v) is 7.23. The summed E-state index contributed by atoms with van der Waals surface area (Å²) in [7, 11) is 0. The molecule has 0 aromatic carbocycles. The molecular weight excluding hydrogens is 242 g/mol. The minimum absolute atomic E-state index is 0.139. The molecule has 1 aliphatic carbocycles. The highest BCUT2D eigenvalue weighted by Gasteiger charge is 2.46. The van der Waals surface area contributed by atoms with Crippen LogP contribution in [0, 0.1) is 10.8 Å². The third-order valence-electron chi connectivity index (χ3n) is 5.01. The first-order chi connectivity index (χ1) is 8.93. The zero-order valence-electron chi connectivity index (χ0n) is 11.8. The Morgan fingerprint density at radius 1 is 1.16 bits per heavy atom. The molecule has 0 aromatic heterocycles. The smallest absolute Gasteiger partial charge is 0.230 e. The van der Waals surface area contributed by atoms with E-state index >= 15 is 0 Å². The first kappa shape index (κ1) is 14.3. The van der Waals surface area contributed by atoms with Crippen LogP contribution >= 0.6 is 0 Å². The van der Waals surface area contributed by atoms with Crippen molar-refractivity contribution in [2.45, 2.75) is 45.4 Å². The molecule has 0 bridgehead atoms. The molecule has 2 aliphatic rings. The van der Waals surface area contributed by atoms with Crippen molar-refractivity contribution in [2.75, 3.05) is 19.6 Å². The highest BCUT2D eigenvalue weighted by Crippen LogP contribution is 2.40. The van der Waals surface area contributed by atoms with Crippen LogP contribution in [0.4, 0.5) is 0 Å². The summed E-state index contributed by atoms with van der Waals surface area (Å²) in [5.74, 6) is -0.173. The van der Waals surface area contributed by atoms with Gasteiger partial charge in [-0.15, -0.1) is 0 Å². The van der Waals surface area contributed by atoms with Crippen molar-refractivity contribution < 1.29 is 9.59 Å². The second-order valence-electron chi connectivity index (χ2n) is 6.45. The van der Waals surface area contributed by atoms with Crippen LogP contribution in [0.2, 0.25) is 0 Å². The molecule has 0 spiro atoms. The van der Waals surface area contributed by atoms with Gasteiger partial charge in [0.05, 0.1) is 10.8 Å². The normalized spacial score (nSPS) is 30.3. The zero-order valence-corrected chi connectivity index (χ0v) is 11.8. The Bertz CT molecular complexity index is 377. The second-order valence-corrected chi connectivity index (χ2v) is 6.45. The number of hydrogen-bond donors (Lipinski definition) is 2. The standard InChI is InChI=1S/C14H25N3O2/c1-13(11(16)18)7-8-17(10-13)12(19)14(9-15)5-3-2-4-6-14/h2-10,15H2,1H3,(H2,16,18). The molecule has 1 saturated heterocycles. The summed E-state index contributed by atoms with van der Waals surface area (Å²) in [5.41, 5.74) is 10.4. The van der Waals surface area contributed by atoms with Gasteiger partial charge in [0, 0.05) is 19.6 Å². The van der Waals surface area contributed by atoms with Crippen LogP contribution in [-0.4, -0.2) is 36.3 Å². The number of rotatable bonds is 3. The van der Waals surface area contributed by atoms with Gasteiger partial charge in [0.1, 0.15) is 0 Å². The van der Waals surface area contributed by atoms with Gasteiger partial charge in [-0.25, -0.2) is 0 Å². The minimum atomic E-state index is -0.569. The van der Waals surface area contributed by atoms with Crippen LogP contribution in [0.1, 0.15) is 45.4 Å². The lowest BCUT2D eigenvalue weighted by Crippen LogP contribution is -2.49. The fourth-order valence-electron chi connectivity index (χ4n) is 3.40. The maximum Gasteiger partial charge on any atom is 0.230 e. The summed E-state index contributed by atoms with van der Waals surface area (Å²) < 4.78 is 0. The summed E-state index contributed by atoms with van der Waals surface area (Å²) >= 11 is 0. The summed E-state index contributed by atoms with van der Waals surface area (Å²) in [5, 5.41) is 0. The van der Waals surface area contributed by atoms with E-state index < -0.39 is 5.41 Å². The molecule has 2 fully saturated rings. The molecule has 19 heavy (non-hydrogen) atoms. The van der Waals surface area contributed by atoms with Gasteiger partial charge in [-0.05, 0) is 26.2 Å². The molecule has 2 amide bonds. The predicted octanol–water partition coefficient (Wildman–Crippen LogP) is 0.619. The van der Waals surface area contributed by atoms with Gasteiger partial charge in [0.2, 0.25) is 11.8 Å². The van der Waals surface area contributed by atoms with E-state index in [9.17, 15) is 9.59 Å². The number of amides is 2. The van der Waals surface area contributed by atoms with E-state index in [0.717, 1.165) is 25.7 Å². The minimum Gasteiger partial charge on any atom is -0.369 e. The Morgan fingerprint density at radius 2 is 1.79 bits per heavy atom. The van der Waals surface area contributed by atoms with Crippen molar-refractivity contribution in [3.05, 3.63) is 0 Å². The van der Waals surface area contributed by atoms with Crippen molar-refractivity contribution in [3.63, 3.8) is 0 Å². The Hall–Kier alpha value is -1.10. The van der Waals surface area contributed by atoms with Gasteiger partial charge >= 0.3 is 0 Å². The molecular formula is C14H25N3O2. The Kier molecular flexibility index (Phi) is 3.85. The van der Waals surface area contributed by atoms with Crippen molar-refractivity contribution in [1.82, 2.24) is 4.90 Å². The molecule has 1 unspecified atom stereocenters. The van der Waals surface area contributed by atoms with E-state index in [2.05, 4.69) is 0 Å². The molecule has 1 heterocycles. The van der Waals surface area contributed by atoms with Crippen LogP contribution in [0.5, 0.6) is 0 Å². The molecule has 0 radical (unpaired) electrons. The number of primary amides is 1. The Morgan fingerprint density at radius 3 is 2.26 bits per heavy atom. The van der Waals surface area contributed by atoms with Crippen molar-refractivity contribution >= 4 is 11.8 Å². The maximum absolute atomic E-state index is 12.8. The molecule has 5 nitrogen and oxygen atoms in total. The summed E-state index contributed by atoms with van der Waals surface area (Å²) in [6.45, 7) is 3.33. The lowest BCUT2D eigenvalue weighted by atomic mass is 9.73. The average Bonchev–Trinajstić information content (AvgIpc) is 2.83. The SMILES string of the molecule is CC1(C(N)=O)CCN(C(=O)C2(CN)CCCCC2)C1. The number of likely N-dealkylation sites (tertiary alicyclic amines) is 1. The summed E-state index contributed by atoms with van der Waals surface area (Å²) in [6.07, 6.45) is 5.76. The molecule has 1 saturated carbocycles. The molecule has 1 atom stereocenters. The number of nitrogens with zero attached hydrogens (tertiary/aromatic N) is 1. The fraction of sp³-hybridized carbons (Fsp3) is 0.857. The van der Waals surface area contributed by atoms with Gasteiger partial charge in [-0.1, -0.05) is 19.3 Å². The van der Waals surface area contributed by atoms with Crippen LogP contribution < -0.4 is 11.5 Å². The summed E-state index contributed by atoms with van der Waals surface area (Å²) in [4.78, 5) is 26.0. The molecule has 108 valence electrons. The number of nitrogens with two attached hydrogens (primary N) is 2. The summed E-state index contributed by atoms with van der Waals surface area (Å²) in [6, 6.07) is 0. The Labute approximate surface area is 114 Å². The predicted molar refractivity (Wildman–Crippen MR) is 73.1 cm³/mol. The van der Waals surface area contributed by atoms with Crippen molar-refractivity contribution in [2.24, 2.45) is 22.3 Å². The maximum atomic E-state index is 12.8. The molecule has 0 aromatic rings. The van der Waals surface area contributed by atoms with Gasteiger partial charge in [0.15, 0.2) is 0 Å². The fourth-order valence-corrected chi connectivity index (χ4v) is 3.40. The molecule has 1 aliphatic heterocycles. The zero-order chi connectivity index (χ0) is 14.1. The monoisotopic (exact) mass is 267 g/mol. The van der Waals surface area contributed by atoms with Gasteiger partial charge in [0.25, 0.3) is 0 Å². The second kappa shape index (κ2) is 5.12. The van der Waals surface area contributed by atoms with E-state index in [0.29, 0.717) is 26.1 Å². The van der Waals surface area contributed by atoms with Crippen molar-refractivity contribution in [1.29, 1.82) is 0 Å². The average molecular weight is 267 g/mol. The van der Waals surface area contributed by atoms with E-state index in [1.807, 2.05) is 11.8 Å². The lowest BCUT2D eigenvalue weighted by Gasteiger charge is -2.38. The number of carbonyl (C=O) groups excluding carboxylic acids is 2. The van der Waals surface area contributed by atoms with Gasteiger partial charge in [-0.3, -0.25) is 9.59 Å². The molecule has 2 rings (SSSR count). The lowest BCUT2D eigenvalue weighted by molar-refractivity contribution is -0.143. The Balaban J connectivity index is 2.10. The van der Waals surface area contributed by atoms with Crippen LogP contribution in [0.15, 0.2) is 0 Å². The van der Waals surface area contributed by atoms with Crippen LogP contribution in [-0.2, 0) is 9.59 Å². The molecule has 5 heteroatoms. The number of hydrogen-bond acceptors (Lipinski definition) is 3. The third-order valence-corrected chi connectivity index (χ3v) is 5.01. The van der Waals surface area contributed by atoms with E-state index in [1.54, 1.807) is 0 Å². The number of carbonyl (C=O) groups is 2. The topological polar surface area (TPSA) is 89.4 Å². The van der Waals surface area contributed by atoms with Crippen molar-refractivity contribution in [3.8, 4) is 0 Å². The van der Waals surface area contributed by atoms with Gasteiger partial charge < -0.3 is 16.4 Å². The van der Waals surface area contributed by atoms with Crippen LogP contribution in [0.3, 0.4) is 0 Å².